The summed E-state index contributed by atoms with van der Waals surface area (Å²) in [5.41, 5.74) is 0. The zero-order chi connectivity index (χ0) is 18.3. The highest BCUT2D eigenvalue weighted by molar-refractivity contribution is 7.80. The minimum absolute atomic E-state index is 0.455. The van der Waals surface area contributed by atoms with E-state index in [2.05, 4.69) is 10.8 Å². The van der Waals surface area contributed by atoms with Crippen LogP contribution in [0.5, 0.6) is 0 Å². The summed E-state index contributed by atoms with van der Waals surface area (Å²) in [5, 5.41) is 29.6. The van der Waals surface area contributed by atoms with Gasteiger partial charge in [-0.1, -0.05) is 32.3 Å². The molecule has 0 aromatic carbocycles. The molecule has 10 heteroatoms. The molecule has 1 rings (SSSR count). The minimum atomic E-state index is -4.98. The maximum atomic E-state index is 10.5. The van der Waals surface area contributed by atoms with Crippen LogP contribution in [0.15, 0.2) is 12.7 Å². The number of rotatable bonds is 10. The standard InChI is InChI=1S/C14H26O9S/c1-3-5-6-7-9(4-2)22-14-13(17)12(16)11(15)10(23-14)8-21-24(18,19)20/h4,9-17H,2-3,5-8H2,1H3,(H,18,19,20)/p-1/t9-,10+,11+,12-,13+,14+/m0/s1. The van der Waals surface area contributed by atoms with E-state index in [0.717, 1.165) is 19.3 Å². The van der Waals surface area contributed by atoms with Crippen LogP contribution in [0.25, 0.3) is 0 Å². The monoisotopic (exact) mass is 369 g/mol. The van der Waals surface area contributed by atoms with Gasteiger partial charge in [-0.15, -0.1) is 6.58 Å². The van der Waals surface area contributed by atoms with Gasteiger partial charge in [-0.3, -0.25) is 4.18 Å². The maximum absolute atomic E-state index is 10.5. The van der Waals surface area contributed by atoms with E-state index >= 15 is 0 Å². The average Bonchev–Trinajstić information content (AvgIpc) is 2.52. The molecule has 24 heavy (non-hydrogen) atoms. The van der Waals surface area contributed by atoms with Crippen LogP contribution < -0.4 is 0 Å². The lowest BCUT2D eigenvalue weighted by Gasteiger charge is -2.41. The smallest absolute Gasteiger partial charge is 0.217 e. The van der Waals surface area contributed by atoms with Crippen molar-refractivity contribution in [2.24, 2.45) is 0 Å². The second-order valence-corrected chi connectivity index (χ2v) is 6.67. The highest BCUT2D eigenvalue weighted by Crippen LogP contribution is 2.25. The van der Waals surface area contributed by atoms with Crippen LogP contribution in [0.4, 0.5) is 0 Å². The number of ether oxygens (including phenoxy) is 2. The molecule has 0 bridgehead atoms. The van der Waals surface area contributed by atoms with Crippen molar-refractivity contribution in [2.75, 3.05) is 6.61 Å². The minimum Gasteiger partial charge on any atom is -0.726 e. The number of aliphatic hydroxyl groups excluding tert-OH is 3. The Morgan fingerprint density at radius 3 is 2.46 bits per heavy atom. The molecule has 0 aromatic heterocycles. The van der Waals surface area contributed by atoms with Crippen molar-refractivity contribution in [2.45, 2.75) is 69.4 Å². The Hall–Kier alpha value is -0.590. The first-order valence-corrected chi connectivity index (χ1v) is 9.10. The van der Waals surface area contributed by atoms with Gasteiger partial charge < -0.3 is 29.3 Å². The van der Waals surface area contributed by atoms with Crippen LogP contribution in [-0.4, -0.2) is 71.7 Å². The lowest BCUT2D eigenvalue weighted by molar-refractivity contribution is -0.306. The predicted molar refractivity (Wildman–Crippen MR) is 81.5 cm³/mol. The topological polar surface area (TPSA) is 146 Å². The Kier molecular flexibility index (Phi) is 8.74. The van der Waals surface area contributed by atoms with Crippen LogP contribution in [0.3, 0.4) is 0 Å². The van der Waals surface area contributed by atoms with Crippen LogP contribution >= 0.6 is 0 Å². The van der Waals surface area contributed by atoms with Gasteiger partial charge in [0.05, 0.1) is 12.7 Å². The SMILES string of the molecule is C=C[C@@H](CCCCC)O[C@@H]1O[C@H](COS(=O)(=O)[O-])[C@@H](O)[C@H](O)[C@H]1O. The molecule has 9 nitrogen and oxygen atoms in total. The van der Waals surface area contributed by atoms with Crippen molar-refractivity contribution in [1.82, 2.24) is 0 Å². The Bertz CT molecular complexity index is 481. The Morgan fingerprint density at radius 2 is 1.92 bits per heavy atom. The molecule has 0 saturated carbocycles. The molecular formula is C14H25O9S-. The molecule has 1 aliphatic heterocycles. The fourth-order valence-corrected chi connectivity index (χ4v) is 2.63. The Morgan fingerprint density at radius 1 is 1.25 bits per heavy atom. The van der Waals surface area contributed by atoms with Crippen LogP contribution in [0.2, 0.25) is 0 Å². The van der Waals surface area contributed by atoms with Crippen molar-refractivity contribution < 1.29 is 41.9 Å². The van der Waals surface area contributed by atoms with E-state index in [9.17, 15) is 28.3 Å². The molecule has 0 aromatic rings. The molecule has 142 valence electrons. The van der Waals surface area contributed by atoms with Gasteiger partial charge in [0.15, 0.2) is 6.29 Å². The zero-order valence-electron chi connectivity index (χ0n) is 13.5. The quantitative estimate of drug-likeness (QED) is 0.199. The molecule has 0 unspecified atom stereocenters. The average molecular weight is 369 g/mol. The summed E-state index contributed by atoms with van der Waals surface area (Å²) in [5.74, 6) is 0. The van der Waals surface area contributed by atoms with Crippen molar-refractivity contribution in [3.8, 4) is 0 Å². The van der Waals surface area contributed by atoms with Gasteiger partial charge in [0, 0.05) is 0 Å². The summed E-state index contributed by atoms with van der Waals surface area (Å²) in [6.07, 6.45) is -2.94. The first-order chi connectivity index (χ1) is 11.2. The van der Waals surface area contributed by atoms with Gasteiger partial charge in [0.25, 0.3) is 0 Å². The fourth-order valence-electron chi connectivity index (χ4n) is 2.33. The van der Waals surface area contributed by atoms with E-state index in [4.69, 9.17) is 9.47 Å². The van der Waals surface area contributed by atoms with Crippen molar-refractivity contribution >= 4 is 10.4 Å². The summed E-state index contributed by atoms with van der Waals surface area (Å²) < 4.78 is 46.4. The van der Waals surface area contributed by atoms with E-state index in [1.54, 1.807) is 0 Å². The largest absolute Gasteiger partial charge is 0.726 e. The van der Waals surface area contributed by atoms with Crippen LogP contribution in [0.1, 0.15) is 32.6 Å². The lowest BCUT2D eigenvalue weighted by Crippen LogP contribution is -2.59. The first-order valence-electron chi connectivity index (χ1n) is 7.77. The molecule has 0 amide bonds. The molecule has 3 N–H and O–H groups in total. The number of unbranched alkanes of at least 4 members (excludes halogenated alkanes) is 2. The molecule has 6 atom stereocenters. The van der Waals surface area contributed by atoms with Crippen LogP contribution in [0, 0.1) is 0 Å². The summed E-state index contributed by atoms with van der Waals surface area (Å²) in [4.78, 5) is 0. The Balaban J connectivity index is 2.68. The molecule has 1 heterocycles. The fraction of sp³-hybridized carbons (Fsp3) is 0.857. The highest BCUT2D eigenvalue weighted by atomic mass is 32.3. The molecule has 1 aliphatic rings. The second-order valence-electron chi connectivity index (χ2n) is 5.61. The van der Waals surface area contributed by atoms with E-state index in [1.807, 2.05) is 6.92 Å². The lowest BCUT2D eigenvalue weighted by atomic mass is 9.99. The number of aliphatic hydroxyl groups is 3. The molecule has 0 spiro atoms. The van der Waals surface area contributed by atoms with Crippen molar-refractivity contribution in [3.63, 3.8) is 0 Å². The van der Waals surface area contributed by atoms with Gasteiger partial charge in [-0.25, -0.2) is 8.42 Å². The maximum Gasteiger partial charge on any atom is 0.217 e. The molecule has 0 radical (unpaired) electrons. The van der Waals surface area contributed by atoms with E-state index in [-0.39, 0.29) is 0 Å². The molecule has 1 fully saturated rings. The van der Waals surface area contributed by atoms with Gasteiger partial charge in [0.1, 0.15) is 24.4 Å². The zero-order valence-corrected chi connectivity index (χ0v) is 14.3. The van der Waals surface area contributed by atoms with Crippen molar-refractivity contribution in [1.29, 1.82) is 0 Å². The molecule has 1 saturated heterocycles. The van der Waals surface area contributed by atoms with Crippen molar-refractivity contribution in [3.05, 3.63) is 12.7 Å². The summed E-state index contributed by atoms with van der Waals surface area (Å²) >= 11 is 0. The summed E-state index contributed by atoms with van der Waals surface area (Å²) in [6.45, 7) is 4.88. The molecular weight excluding hydrogens is 344 g/mol. The predicted octanol–water partition coefficient (Wildman–Crippen LogP) is -0.578. The number of hydrogen-bond donors (Lipinski definition) is 3. The van der Waals surface area contributed by atoms with Gasteiger partial charge in [0.2, 0.25) is 10.4 Å². The Labute approximate surface area is 141 Å². The van der Waals surface area contributed by atoms with Gasteiger partial charge >= 0.3 is 0 Å². The third-order valence-corrected chi connectivity index (χ3v) is 4.13. The second kappa shape index (κ2) is 9.78. The van der Waals surface area contributed by atoms with E-state index < -0.39 is 53.8 Å². The third kappa shape index (κ3) is 6.73. The first kappa shape index (κ1) is 21.5. The van der Waals surface area contributed by atoms with E-state index in [1.165, 1.54) is 6.08 Å². The third-order valence-electron chi connectivity index (χ3n) is 3.71. The number of hydrogen-bond acceptors (Lipinski definition) is 9. The van der Waals surface area contributed by atoms with E-state index in [0.29, 0.717) is 6.42 Å². The normalized spacial score (nSPS) is 32.5. The highest BCUT2D eigenvalue weighted by Gasteiger charge is 2.45. The van der Waals surface area contributed by atoms with Gasteiger partial charge in [-0.05, 0) is 6.42 Å². The summed E-state index contributed by atoms with van der Waals surface area (Å²) in [6, 6.07) is 0. The van der Waals surface area contributed by atoms with Gasteiger partial charge in [-0.2, -0.15) is 0 Å². The van der Waals surface area contributed by atoms with Crippen LogP contribution in [-0.2, 0) is 24.1 Å². The molecule has 0 aliphatic carbocycles. The summed E-state index contributed by atoms with van der Waals surface area (Å²) in [7, 11) is -4.98.